The number of ether oxygens (including phenoxy) is 1. The first-order valence-electron chi connectivity index (χ1n) is 9.32. The van der Waals surface area contributed by atoms with Crippen molar-refractivity contribution in [2.75, 3.05) is 30.4 Å². The molecule has 0 atom stereocenters. The van der Waals surface area contributed by atoms with Crippen molar-refractivity contribution in [2.45, 2.75) is 26.2 Å². The predicted octanol–water partition coefficient (Wildman–Crippen LogP) is 4.18. The zero-order valence-electron chi connectivity index (χ0n) is 15.9. The molecule has 1 aliphatic rings. The zero-order valence-corrected chi connectivity index (χ0v) is 16.7. The third kappa shape index (κ3) is 4.98. The molecule has 2 aromatic carbocycles. The average molecular weight is 383 g/mol. The van der Waals surface area contributed by atoms with E-state index in [1.807, 2.05) is 24.3 Å². The van der Waals surface area contributed by atoms with E-state index in [1.54, 1.807) is 13.3 Å². The van der Waals surface area contributed by atoms with Gasteiger partial charge >= 0.3 is 0 Å². The van der Waals surface area contributed by atoms with Crippen molar-refractivity contribution in [2.24, 2.45) is 5.10 Å². The van der Waals surface area contributed by atoms with Crippen LogP contribution in [0.3, 0.4) is 0 Å². The number of rotatable bonds is 6. The number of hydrogen-bond donors (Lipinski definition) is 2. The summed E-state index contributed by atoms with van der Waals surface area (Å²) in [5, 5.41) is 7.78. The van der Waals surface area contributed by atoms with Gasteiger partial charge in [-0.25, -0.2) is 0 Å². The number of thiocarbonyl (C=S) groups is 1. The zero-order chi connectivity index (χ0) is 19.1. The quantitative estimate of drug-likeness (QED) is 0.446. The van der Waals surface area contributed by atoms with Crippen molar-refractivity contribution in [1.82, 2.24) is 5.43 Å². The van der Waals surface area contributed by atoms with Gasteiger partial charge in [0.25, 0.3) is 0 Å². The number of nitrogens with one attached hydrogen (secondary N) is 2. The SMILES string of the molecule is CCCN1CCCc2cc(/C=N\NC(=S)Nc3ccccc3OC)ccc21. The Labute approximate surface area is 166 Å². The number of anilines is 2. The third-order valence-corrected chi connectivity index (χ3v) is 4.74. The van der Waals surface area contributed by atoms with Crippen LogP contribution in [0.5, 0.6) is 5.75 Å². The molecule has 0 unspecified atom stereocenters. The Bertz CT molecular complexity index is 822. The lowest BCUT2D eigenvalue weighted by Gasteiger charge is -2.31. The van der Waals surface area contributed by atoms with Crippen LogP contribution in [0.4, 0.5) is 11.4 Å². The van der Waals surface area contributed by atoms with Crippen molar-refractivity contribution < 1.29 is 4.74 Å². The number of hydrazone groups is 1. The summed E-state index contributed by atoms with van der Waals surface area (Å²) in [6.07, 6.45) is 5.30. The van der Waals surface area contributed by atoms with E-state index in [4.69, 9.17) is 17.0 Å². The highest BCUT2D eigenvalue weighted by Crippen LogP contribution is 2.27. The van der Waals surface area contributed by atoms with E-state index in [9.17, 15) is 0 Å². The Kier molecular flexibility index (Phi) is 6.65. The first kappa shape index (κ1) is 19.2. The van der Waals surface area contributed by atoms with Gasteiger partial charge in [-0.2, -0.15) is 5.10 Å². The Hall–Kier alpha value is -2.60. The highest BCUT2D eigenvalue weighted by atomic mass is 32.1. The van der Waals surface area contributed by atoms with E-state index in [2.05, 4.69) is 45.9 Å². The Balaban J connectivity index is 1.60. The fraction of sp³-hybridized carbons (Fsp3) is 0.333. The van der Waals surface area contributed by atoms with Gasteiger partial charge in [0.2, 0.25) is 0 Å². The smallest absolute Gasteiger partial charge is 0.191 e. The summed E-state index contributed by atoms with van der Waals surface area (Å²) in [5.41, 5.74) is 7.50. The molecule has 0 saturated heterocycles. The summed E-state index contributed by atoms with van der Waals surface area (Å²) in [6, 6.07) is 14.2. The lowest BCUT2D eigenvalue weighted by Crippen LogP contribution is -2.30. The van der Waals surface area contributed by atoms with Crippen molar-refractivity contribution in [1.29, 1.82) is 0 Å². The largest absolute Gasteiger partial charge is 0.495 e. The molecule has 2 N–H and O–H groups in total. The van der Waals surface area contributed by atoms with Gasteiger partial charge < -0.3 is 15.0 Å². The normalized spacial score (nSPS) is 13.3. The van der Waals surface area contributed by atoms with Crippen molar-refractivity contribution in [3.05, 3.63) is 53.6 Å². The van der Waals surface area contributed by atoms with Gasteiger partial charge in [0, 0.05) is 18.8 Å². The molecule has 1 heterocycles. The maximum atomic E-state index is 5.31. The summed E-state index contributed by atoms with van der Waals surface area (Å²) in [6.45, 7) is 4.49. The molecule has 0 spiro atoms. The van der Waals surface area contributed by atoms with E-state index < -0.39 is 0 Å². The maximum absolute atomic E-state index is 5.31. The third-order valence-electron chi connectivity index (χ3n) is 4.55. The lowest BCUT2D eigenvalue weighted by atomic mass is 9.99. The van der Waals surface area contributed by atoms with E-state index in [0.29, 0.717) is 5.11 Å². The molecular weight excluding hydrogens is 356 g/mol. The van der Waals surface area contributed by atoms with Gasteiger partial charge in [0.05, 0.1) is 19.0 Å². The standard InChI is InChI=1S/C21H26N4OS/c1-3-12-25-13-6-7-17-14-16(10-11-19(17)25)15-22-24-21(27)23-18-8-4-5-9-20(18)26-2/h4-5,8-11,14-15H,3,6-7,12-13H2,1-2H3,(H2,23,24,27)/b22-15-. The van der Waals surface area contributed by atoms with Crippen LogP contribution >= 0.6 is 12.2 Å². The van der Waals surface area contributed by atoms with Gasteiger partial charge in [-0.1, -0.05) is 25.1 Å². The number of methoxy groups -OCH3 is 1. The van der Waals surface area contributed by atoms with Gasteiger partial charge in [0.1, 0.15) is 5.75 Å². The first-order valence-corrected chi connectivity index (χ1v) is 9.73. The molecule has 0 fully saturated rings. The molecule has 3 rings (SSSR count). The molecule has 0 saturated carbocycles. The van der Waals surface area contributed by atoms with Crippen LogP contribution in [-0.2, 0) is 6.42 Å². The van der Waals surface area contributed by atoms with Crippen LogP contribution in [-0.4, -0.2) is 31.5 Å². The Morgan fingerprint density at radius 3 is 2.96 bits per heavy atom. The Morgan fingerprint density at radius 1 is 1.30 bits per heavy atom. The van der Waals surface area contributed by atoms with Gasteiger partial charge in [-0.05, 0) is 66.9 Å². The van der Waals surface area contributed by atoms with E-state index in [0.717, 1.165) is 36.5 Å². The average Bonchev–Trinajstić information content (AvgIpc) is 2.69. The van der Waals surface area contributed by atoms with Crippen LogP contribution in [0.1, 0.15) is 30.9 Å². The van der Waals surface area contributed by atoms with Gasteiger partial charge in [0.15, 0.2) is 5.11 Å². The van der Waals surface area contributed by atoms with Crippen LogP contribution in [0.25, 0.3) is 0 Å². The molecule has 2 aromatic rings. The first-order chi connectivity index (χ1) is 13.2. The highest BCUT2D eigenvalue weighted by molar-refractivity contribution is 7.80. The van der Waals surface area contributed by atoms with Crippen molar-refractivity contribution in [3.8, 4) is 5.75 Å². The summed E-state index contributed by atoms with van der Waals surface area (Å²) in [4.78, 5) is 2.48. The van der Waals surface area contributed by atoms with Gasteiger partial charge in [-0.3, -0.25) is 5.43 Å². The Morgan fingerprint density at radius 2 is 2.15 bits per heavy atom. The molecule has 5 nitrogen and oxygen atoms in total. The molecule has 27 heavy (non-hydrogen) atoms. The number of benzene rings is 2. The molecular formula is C21H26N4OS. The minimum Gasteiger partial charge on any atom is -0.495 e. The molecule has 142 valence electrons. The molecule has 0 radical (unpaired) electrons. The topological polar surface area (TPSA) is 48.9 Å². The number of nitrogens with zero attached hydrogens (tertiary/aromatic N) is 2. The number of aryl methyl sites for hydroxylation is 1. The number of fused-ring (bicyclic) bond motifs is 1. The van der Waals surface area contributed by atoms with Crippen molar-refractivity contribution in [3.63, 3.8) is 0 Å². The molecule has 0 amide bonds. The fourth-order valence-corrected chi connectivity index (χ4v) is 3.50. The van der Waals surface area contributed by atoms with Gasteiger partial charge in [-0.15, -0.1) is 0 Å². The lowest BCUT2D eigenvalue weighted by molar-refractivity contribution is 0.417. The number of para-hydroxylation sites is 2. The van der Waals surface area contributed by atoms with Crippen LogP contribution < -0.4 is 20.4 Å². The van der Waals surface area contributed by atoms with Crippen LogP contribution in [0, 0.1) is 0 Å². The molecule has 1 aliphatic heterocycles. The van der Waals surface area contributed by atoms with Crippen molar-refractivity contribution >= 4 is 34.9 Å². The molecule has 6 heteroatoms. The highest BCUT2D eigenvalue weighted by Gasteiger charge is 2.15. The second kappa shape index (κ2) is 9.37. The maximum Gasteiger partial charge on any atom is 0.191 e. The monoisotopic (exact) mass is 382 g/mol. The van der Waals surface area contributed by atoms with Crippen LogP contribution in [0.15, 0.2) is 47.6 Å². The summed E-state index contributed by atoms with van der Waals surface area (Å²) in [5.74, 6) is 0.733. The number of hydrogen-bond acceptors (Lipinski definition) is 4. The van der Waals surface area contributed by atoms with Crippen LogP contribution in [0.2, 0.25) is 0 Å². The van der Waals surface area contributed by atoms with E-state index >= 15 is 0 Å². The second-order valence-corrected chi connectivity index (χ2v) is 6.91. The fourth-order valence-electron chi connectivity index (χ4n) is 3.34. The molecule has 0 aromatic heterocycles. The molecule has 0 bridgehead atoms. The second-order valence-electron chi connectivity index (χ2n) is 6.50. The van der Waals surface area contributed by atoms with E-state index in [1.165, 1.54) is 24.1 Å². The van der Waals surface area contributed by atoms with E-state index in [-0.39, 0.29) is 0 Å². The summed E-state index contributed by atoms with van der Waals surface area (Å²) >= 11 is 5.30. The summed E-state index contributed by atoms with van der Waals surface area (Å²) < 4.78 is 5.31. The summed E-state index contributed by atoms with van der Waals surface area (Å²) in [7, 11) is 1.63. The minimum absolute atomic E-state index is 0.419. The minimum atomic E-state index is 0.419. The predicted molar refractivity (Wildman–Crippen MR) is 117 cm³/mol. The molecule has 0 aliphatic carbocycles.